The van der Waals surface area contributed by atoms with Crippen LogP contribution in [-0.4, -0.2) is 257 Å². The second kappa shape index (κ2) is 31.4. The Bertz CT molecular complexity index is 1620. The molecule has 1 unspecified atom stereocenters. The van der Waals surface area contributed by atoms with E-state index in [1.54, 1.807) is 16.1 Å². The smallest absolute Gasteiger partial charge is 0.251 e. The highest BCUT2D eigenvalue weighted by Crippen LogP contribution is 2.22. The van der Waals surface area contributed by atoms with Crippen molar-refractivity contribution in [2.24, 2.45) is 0 Å². The van der Waals surface area contributed by atoms with E-state index in [0.717, 1.165) is 65.4 Å². The topological polar surface area (TPSA) is 121 Å². The molecule has 440 valence electrons. The van der Waals surface area contributed by atoms with Crippen molar-refractivity contribution in [3.63, 3.8) is 0 Å². The van der Waals surface area contributed by atoms with Crippen molar-refractivity contribution >= 4 is 21.8 Å². The van der Waals surface area contributed by atoms with Gasteiger partial charge in [0.15, 0.2) is 0 Å². The van der Waals surface area contributed by atoms with Gasteiger partial charge in [-0.3, -0.25) is 39.0 Å². The minimum absolute atomic E-state index is 0.115. The zero-order chi connectivity index (χ0) is 57.1. The Morgan fingerprint density at radius 3 is 0.878 bits per heavy atom. The predicted octanol–water partition coefficient (Wildman–Crippen LogP) is 7.59. The third kappa shape index (κ3) is 27.9. The number of aliphatic hydroxyl groups is 1. The summed E-state index contributed by atoms with van der Waals surface area (Å²) in [6.45, 7) is 63.9. The summed E-state index contributed by atoms with van der Waals surface area (Å²) in [5, 5.41) is 9.50. The predicted molar refractivity (Wildman–Crippen MR) is 315 cm³/mol. The number of likely N-dealkylation sites (N-methyl/N-ethyl adjacent to an activating group) is 1. The van der Waals surface area contributed by atoms with Crippen LogP contribution in [0, 0.1) is 0 Å². The maximum atomic E-state index is 11.7. The third-order valence-corrected chi connectivity index (χ3v) is 16.9. The molecule has 15 nitrogen and oxygen atoms in total. The van der Waals surface area contributed by atoms with Gasteiger partial charge in [-0.25, -0.2) is 8.42 Å². The van der Waals surface area contributed by atoms with Crippen LogP contribution in [-0.2, 0) is 19.6 Å². The van der Waals surface area contributed by atoms with E-state index in [4.69, 9.17) is 0 Å². The number of amides is 2. The van der Waals surface area contributed by atoms with Gasteiger partial charge in [0.05, 0.1) is 6.26 Å². The van der Waals surface area contributed by atoms with Crippen LogP contribution in [0.1, 0.15) is 183 Å². The lowest BCUT2D eigenvalue weighted by molar-refractivity contribution is -0.142. The molecule has 2 amide bonds. The number of rotatable bonds is 3. The summed E-state index contributed by atoms with van der Waals surface area (Å²) in [6, 6.07) is 0. The quantitative estimate of drug-likeness (QED) is 0.300. The first-order chi connectivity index (χ1) is 33.7. The Kier molecular flexibility index (Phi) is 29.9. The largest absolute Gasteiger partial charge is 0.383 e. The van der Waals surface area contributed by atoms with Gasteiger partial charge in [0.1, 0.15) is 6.10 Å². The molecule has 0 aromatic rings. The maximum absolute atomic E-state index is 11.7. The van der Waals surface area contributed by atoms with Gasteiger partial charge in [-0.1, -0.05) is 19.8 Å². The van der Waals surface area contributed by atoms with Crippen LogP contribution in [0.2, 0.25) is 0 Å². The first-order valence-electron chi connectivity index (χ1n) is 29.1. The van der Waals surface area contributed by atoms with E-state index in [-0.39, 0.29) is 28.4 Å². The van der Waals surface area contributed by atoms with E-state index >= 15 is 0 Å². The monoisotopic (exact) mass is 1070 g/mol. The Morgan fingerprint density at radius 2 is 0.649 bits per heavy atom. The Balaban J connectivity index is 0.000000447. The van der Waals surface area contributed by atoms with Gasteiger partial charge < -0.3 is 19.8 Å². The molecule has 16 heteroatoms. The number of piperazine rings is 4. The van der Waals surface area contributed by atoms with Crippen LogP contribution in [0.3, 0.4) is 0 Å². The molecular formula is C58H122N10O5S. The fourth-order valence-corrected chi connectivity index (χ4v) is 10.8. The summed E-state index contributed by atoms with van der Waals surface area (Å²) in [5.41, 5.74) is 1.72. The van der Waals surface area contributed by atoms with Gasteiger partial charge in [0, 0.05) is 145 Å². The van der Waals surface area contributed by atoms with Gasteiger partial charge in [-0.05, 0) is 190 Å². The molecule has 6 saturated heterocycles. The van der Waals surface area contributed by atoms with Crippen LogP contribution >= 0.6 is 0 Å². The molecule has 1 atom stereocenters. The van der Waals surface area contributed by atoms with E-state index in [0.29, 0.717) is 36.1 Å². The zero-order valence-corrected chi connectivity index (χ0v) is 53.4. The summed E-state index contributed by atoms with van der Waals surface area (Å²) < 4.78 is 24.1. The standard InChI is InChI=1S/C12H24N2O2.C10H20N2O.C9H20N2O2S.C9H20N2.2C9H19N/c1-5-10(15)11(16)13-6-8-14(9-7-13)12(2,3)4;1-9(13)11-5-7-12(8-6-11)10(2,3)4;1-9(2,3)10-5-7-11(8-6-10)14(4,12)13;1-9(2,3)11-7-5-10(4)6-8-11;2*1-9(2,3)10-7-5-4-6-8-10/h10,15H,5-9H2,1-4H3;5-8H2,1-4H3;5-8H2,1-4H3;5-8H2,1-4H3;2*4-8H2,1-3H3. The van der Waals surface area contributed by atoms with Crippen molar-refractivity contribution in [1.82, 2.24) is 48.4 Å². The van der Waals surface area contributed by atoms with E-state index in [9.17, 15) is 23.1 Å². The fraction of sp³-hybridized carbons (Fsp3) is 0.966. The summed E-state index contributed by atoms with van der Waals surface area (Å²) in [7, 11) is -0.794. The molecule has 0 radical (unpaired) electrons. The van der Waals surface area contributed by atoms with E-state index in [2.05, 4.69) is 166 Å². The highest BCUT2D eigenvalue weighted by Gasteiger charge is 2.32. The lowest BCUT2D eigenvalue weighted by Gasteiger charge is -2.42. The number of sulfonamides is 1. The highest BCUT2D eigenvalue weighted by atomic mass is 32.2. The van der Waals surface area contributed by atoms with Crippen molar-refractivity contribution in [1.29, 1.82) is 0 Å². The first-order valence-corrected chi connectivity index (χ1v) is 30.9. The van der Waals surface area contributed by atoms with Crippen LogP contribution in [0.15, 0.2) is 0 Å². The molecule has 74 heavy (non-hydrogen) atoms. The number of carbonyl (C=O) groups excluding carboxylic acids is 2. The lowest BCUT2D eigenvalue weighted by Crippen LogP contribution is -2.56. The van der Waals surface area contributed by atoms with E-state index in [1.807, 2.05) is 11.8 Å². The molecule has 0 saturated carbocycles. The molecule has 0 aliphatic carbocycles. The number of carbonyl (C=O) groups is 2. The van der Waals surface area contributed by atoms with Crippen molar-refractivity contribution in [3.05, 3.63) is 0 Å². The zero-order valence-electron chi connectivity index (χ0n) is 52.6. The SMILES string of the molecule is CC(=O)N1CCN(C(C)(C)C)CC1.CC(C)(C)N1CCCCC1.CC(C)(C)N1CCCCC1.CC(C)(C)N1CCN(S(C)(=O)=O)CC1.CCC(O)C(=O)N1CCN(C(C)(C)C)CC1.CN1CCN(C(C)(C)C)CC1. The molecule has 0 aromatic heterocycles. The van der Waals surface area contributed by atoms with Crippen molar-refractivity contribution in [2.75, 3.05) is 144 Å². The molecule has 0 spiro atoms. The molecule has 6 aliphatic rings. The maximum Gasteiger partial charge on any atom is 0.251 e. The van der Waals surface area contributed by atoms with Gasteiger partial charge >= 0.3 is 0 Å². The molecular weight excluding hydrogens is 949 g/mol. The molecule has 1 N–H and O–H groups in total. The second-order valence-electron chi connectivity index (χ2n) is 27.8. The average Bonchev–Trinajstić information content (AvgIpc) is 3.31. The molecule has 6 rings (SSSR count). The number of piperidine rings is 2. The number of likely N-dealkylation sites (tertiary alicyclic amines) is 2. The number of aliphatic hydroxyl groups excluding tert-OH is 1. The second-order valence-corrected chi connectivity index (χ2v) is 29.8. The molecule has 6 heterocycles. The van der Waals surface area contributed by atoms with Crippen molar-refractivity contribution < 1.29 is 23.1 Å². The van der Waals surface area contributed by atoms with Crippen molar-refractivity contribution in [3.8, 4) is 0 Å². The molecule has 0 bridgehead atoms. The number of hydrogen-bond donors (Lipinski definition) is 1. The highest BCUT2D eigenvalue weighted by molar-refractivity contribution is 7.88. The lowest BCUT2D eigenvalue weighted by atomic mass is 10.0. The fourth-order valence-electron chi connectivity index (χ4n) is 9.97. The molecule has 0 aromatic carbocycles. The molecule has 6 aliphatic heterocycles. The summed E-state index contributed by atoms with van der Waals surface area (Å²) >= 11 is 0. The summed E-state index contributed by atoms with van der Waals surface area (Å²) in [6.07, 6.45) is 9.43. The van der Waals surface area contributed by atoms with Gasteiger partial charge in [0.25, 0.3) is 5.91 Å². The normalized spacial score (nSPS) is 22.2. The average molecular weight is 1070 g/mol. The number of nitrogens with zero attached hydrogens (tertiary/aromatic N) is 10. The van der Waals surface area contributed by atoms with E-state index < -0.39 is 16.1 Å². The molecule has 6 fully saturated rings. The van der Waals surface area contributed by atoms with Gasteiger partial charge in [0.2, 0.25) is 15.9 Å². The Morgan fingerprint density at radius 1 is 0.405 bits per heavy atom. The van der Waals surface area contributed by atoms with E-state index in [1.165, 1.54) is 97.1 Å². The Hall–Kier alpha value is -1.47. The Labute approximate surface area is 458 Å². The number of hydrogen-bond acceptors (Lipinski definition) is 12. The van der Waals surface area contributed by atoms with Crippen molar-refractivity contribution in [2.45, 2.75) is 223 Å². The minimum atomic E-state index is -2.99. The van der Waals surface area contributed by atoms with Crippen LogP contribution in [0.4, 0.5) is 0 Å². The summed E-state index contributed by atoms with van der Waals surface area (Å²) in [4.78, 5) is 43.7. The first kappa shape index (κ1) is 70.5. The third-order valence-electron chi connectivity index (χ3n) is 15.6. The van der Waals surface area contributed by atoms with Crippen LogP contribution in [0.5, 0.6) is 0 Å². The van der Waals surface area contributed by atoms with Crippen LogP contribution in [0.25, 0.3) is 0 Å². The van der Waals surface area contributed by atoms with Gasteiger partial charge in [-0.2, -0.15) is 4.31 Å². The summed E-state index contributed by atoms with van der Waals surface area (Å²) in [5.74, 6) is 0.0876. The minimum Gasteiger partial charge on any atom is -0.383 e. The van der Waals surface area contributed by atoms with Gasteiger partial charge in [-0.15, -0.1) is 0 Å². The van der Waals surface area contributed by atoms with Crippen LogP contribution < -0.4 is 0 Å².